The molecule has 1 rings (SSSR count). The molecular weight excluding hydrogens is 171 g/mol. The molecule has 2 nitrogen and oxygen atoms in total. The van der Waals surface area contributed by atoms with Gasteiger partial charge in [-0.3, -0.25) is 4.90 Å². The van der Waals surface area contributed by atoms with Crippen molar-refractivity contribution in [2.24, 2.45) is 0 Å². The van der Waals surface area contributed by atoms with Gasteiger partial charge in [-0.2, -0.15) is 13.2 Å². The molecule has 0 aliphatic carbocycles. The van der Waals surface area contributed by atoms with Crippen molar-refractivity contribution in [3.8, 4) is 0 Å². The third-order valence-corrected chi connectivity index (χ3v) is 2.17. The van der Waals surface area contributed by atoms with Crippen molar-refractivity contribution in [3.63, 3.8) is 0 Å². The number of likely N-dealkylation sites (N-methyl/N-ethyl adjacent to an activating group) is 1. The van der Waals surface area contributed by atoms with Crippen LogP contribution in [0.2, 0.25) is 0 Å². The van der Waals surface area contributed by atoms with Gasteiger partial charge in [0.15, 0.2) is 0 Å². The molecule has 0 aromatic carbocycles. The molecule has 0 saturated carbocycles. The first-order valence-corrected chi connectivity index (χ1v) is 3.94. The topological polar surface area (TPSA) is 23.5 Å². The summed E-state index contributed by atoms with van der Waals surface area (Å²) in [5, 5.41) is 9.02. The molecule has 2 unspecified atom stereocenters. The maximum Gasteiger partial charge on any atom is 0.404 e. The number of aliphatic hydroxyl groups is 1. The molecule has 1 heterocycles. The van der Waals surface area contributed by atoms with Crippen LogP contribution in [-0.4, -0.2) is 41.4 Å². The van der Waals surface area contributed by atoms with Crippen molar-refractivity contribution in [1.29, 1.82) is 0 Å². The maximum atomic E-state index is 12.2. The van der Waals surface area contributed by atoms with Gasteiger partial charge in [0, 0.05) is 6.54 Å². The van der Waals surface area contributed by atoms with Crippen LogP contribution in [0.5, 0.6) is 0 Å². The minimum atomic E-state index is -4.20. The Kier molecular flexibility index (Phi) is 2.63. The maximum absolute atomic E-state index is 12.2. The van der Waals surface area contributed by atoms with Crippen LogP contribution in [0.1, 0.15) is 13.3 Å². The lowest BCUT2D eigenvalue weighted by molar-refractivity contribution is -0.175. The van der Waals surface area contributed by atoms with E-state index in [1.807, 2.05) is 0 Å². The number of nitrogens with zero attached hydrogens (tertiary/aromatic N) is 1. The Morgan fingerprint density at radius 1 is 1.50 bits per heavy atom. The van der Waals surface area contributed by atoms with Gasteiger partial charge in [0.25, 0.3) is 0 Å². The molecule has 1 fully saturated rings. The van der Waals surface area contributed by atoms with Gasteiger partial charge < -0.3 is 5.11 Å². The molecule has 5 heteroatoms. The fourth-order valence-electron chi connectivity index (χ4n) is 1.57. The number of likely N-dealkylation sites (tertiary alicyclic amines) is 1. The van der Waals surface area contributed by atoms with Crippen molar-refractivity contribution in [2.75, 3.05) is 13.1 Å². The van der Waals surface area contributed by atoms with Crippen molar-refractivity contribution in [3.05, 3.63) is 0 Å². The van der Waals surface area contributed by atoms with Gasteiger partial charge in [0.1, 0.15) is 6.04 Å². The van der Waals surface area contributed by atoms with Gasteiger partial charge in [0.2, 0.25) is 0 Å². The lowest BCUT2D eigenvalue weighted by Gasteiger charge is -2.24. The molecule has 12 heavy (non-hydrogen) atoms. The fraction of sp³-hybridized carbons (Fsp3) is 1.00. The lowest BCUT2D eigenvalue weighted by atomic mass is 10.2. The molecule has 0 aromatic rings. The Bertz CT molecular complexity index is 159. The summed E-state index contributed by atoms with van der Waals surface area (Å²) in [4.78, 5) is 1.25. The predicted molar refractivity (Wildman–Crippen MR) is 37.7 cm³/mol. The molecule has 1 N–H and O–H groups in total. The summed E-state index contributed by atoms with van der Waals surface area (Å²) in [6.07, 6.45) is -5.21. The average Bonchev–Trinajstić information content (AvgIpc) is 2.29. The SMILES string of the molecule is CCN1CC(O)CC1C(F)(F)F. The van der Waals surface area contributed by atoms with Crippen LogP contribution in [0.4, 0.5) is 13.2 Å². The van der Waals surface area contributed by atoms with Crippen LogP contribution >= 0.6 is 0 Å². The first-order chi connectivity index (χ1) is 5.45. The second-order valence-corrected chi connectivity index (χ2v) is 3.03. The van der Waals surface area contributed by atoms with Crippen molar-refractivity contribution in [2.45, 2.75) is 31.7 Å². The van der Waals surface area contributed by atoms with E-state index in [1.165, 1.54) is 4.90 Å². The highest BCUT2D eigenvalue weighted by Gasteiger charge is 2.47. The highest BCUT2D eigenvalue weighted by Crippen LogP contribution is 2.32. The molecule has 1 aliphatic heterocycles. The quantitative estimate of drug-likeness (QED) is 0.655. The number of alkyl halides is 3. The van der Waals surface area contributed by atoms with E-state index in [0.717, 1.165) is 0 Å². The Morgan fingerprint density at radius 2 is 2.08 bits per heavy atom. The number of hydrogen-bond donors (Lipinski definition) is 1. The average molecular weight is 183 g/mol. The molecule has 72 valence electrons. The molecule has 0 spiro atoms. The lowest BCUT2D eigenvalue weighted by Crippen LogP contribution is -2.40. The highest BCUT2D eigenvalue weighted by molar-refractivity contribution is 4.88. The minimum Gasteiger partial charge on any atom is -0.392 e. The molecule has 0 bridgehead atoms. The molecular formula is C7H12F3NO. The highest BCUT2D eigenvalue weighted by atomic mass is 19.4. The second kappa shape index (κ2) is 3.22. The number of hydrogen-bond acceptors (Lipinski definition) is 2. The van der Waals surface area contributed by atoms with E-state index in [1.54, 1.807) is 6.92 Å². The zero-order chi connectivity index (χ0) is 9.35. The Hall–Kier alpha value is -0.290. The van der Waals surface area contributed by atoms with Gasteiger partial charge >= 0.3 is 6.18 Å². The minimum absolute atomic E-state index is 0.140. The number of β-amino-alcohol motifs (C(OH)–C–C–N with tert-alkyl or cyclic N) is 1. The monoisotopic (exact) mass is 183 g/mol. The molecule has 0 aromatic heterocycles. The Labute approximate surface area is 69.0 Å². The summed E-state index contributed by atoms with van der Waals surface area (Å²) in [6.45, 7) is 2.14. The van der Waals surface area contributed by atoms with Gasteiger partial charge in [-0.15, -0.1) is 0 Å². The second-order valence-electron chi connectivity index (χ2n) is 3.03. The van der Waals surface area contributed by atoms with E-state index >= 15 is 0 Å². The van der Waals surface area contributed by atoms with Gasteiger partial charge in [-0.05, 0) is 13.0 Å². The van der Waals surface area contributed by atoms with E-state index in [-0.39, 0.29) is 13.0 Å². The number of aliphatic hydroxyl groups excluding tert-OH is 1. The zero-order valence-electron chi connectivity index (χ0n) is 6.80. The van der Waals surface area contributed by atoms with Crippen molar-refractivity contribution in [1.82, 2.24) is 4.90 Å². The van der Waals surface area contributed by atoms with E-state index in [4.69, 9.17) is 5.11 Å². The first kappa shape index (κ1) is 9.80. The predicted octanol–water partition coefficient (Wildman–Crippen LogP) is 1.00. The van der Waals surface area contributed by atoms with Crippen molar-refractivity contribution < 1.29 is 18.3 Å². The van der Waals surface area contributed by atoms with Crippen LogP contribution in [0.3, 0.4) is 0 Å². The van der Waals surface area contributed by atoms with Crippen LogP contribution in [0, 0.1) is 0 Å². The van der Waals surface area contributed by atoms with Crippen LogP contribution in [-0.2, 0) is 0 Å². The Balaban J connectivity index is 2.64. The van der Waals surface area contributed by atoms with E-state index < -0.39 is 18.3 Å². The van der Waals surface area contributed by atoms with E-state index in [0.29, 0.717) is 6.54 Å². The number of rotatable bonds is 1. The van der Waals surface area contributed by atoms with E-state index in [9.17, 15) is 13.2 Å². The summed E-state index contributed by atoms with van der Waals surface area (Å²) in [7, 11) is 0. The van der Waals surface area contributed by atoms with Gasteiger partial charge in [-0.25, -0.2) is 0 Å². The normalized spacial score (nSPS) is 32.8. The van der Waals surface area contributed by atoms with Gasteiger partial charge in [0.05, 0.1) is 6.10 Å². The van der Waals surface area contributed by atoms with E-state index in [2.05, 4.69) is 0 Å². The fourth-order valence-corrected chi connectivity index (χ4v) is 1.57. The molecule has 1 aliphatic rings. The van der Waals surface area contributed by atoms with Crippen LogP contribution in [0.15, 0.2) is 0 Å². The van der Waals surface area contributed by atoms with Crippen LogP contribution in [0.25, 0.3) is 0 Å². The summed E-state index contributed by atoms with van der Waals surface area (Å²) in [5.41, 5.74) is 0. The molecule has 0 amide bonds. The first-order valence-electron chi connectivity index (χ1n) is 3.94. The molecule has 2 atom stereocenters. The molecule has 1 saturated heterocycles. The molecule has 0 radical (unpaired) electrons. The third-order valence-electron chi connectivity index (χ3n) is 2.17. The van der Waals surface area contributed by atoms with Crippen LogP contribution < -0.4 is 0 Å². The standard InChI is InChI=1S/C7H12F3NO/c1-2-11-4-5(12)3-6(11)7(8,9)10/h5-6,12H,2-4H2,1H3. The largest absolute Gasteiger partial charge is 0.404 e. The summed E-state index contributed by atoms with van der Waals surface area (Å²) in [6, 6.07) is -1.45. The van der Waals surface area contributed by atoms with Gasteiger partial charge in [-0.1, -0.05) is 6.92 Å². The smallest absolute Gasteiger partial charge is 0.392 e. The number of halogens is 3. The Morgan fingerprint density at radius 3 is 2.42 bits per heavy atom. The summed E-state index contributed by atoms with van der Waals surface area (Å²) in [5.74, 6) is 0. The summed E-state index contributed by atoms with van der Waals surface area (Å²) < 4.78 is 36.7. The zero-order valence-corrected chi connectivity index (χ0v) is 6.80. The summed E-state index contributed by atoms with van der Waals surface area (Å²) >= 11 is 0. The van der Waals surface area contributed by atoms with Crippen molar-refractivity contribution >= 4 is 0 Å². The third kappa shape index (κ3) is 1.90.